The fourth-order valence-electron chi connectivity index (χ4n) is 6.63. The maximum Gasteiger partial charge on any atom is 0.308 e. The SMILES string of the molecule is CC(=O)O[C@H]1/C=C/[C@H](C)[C@@H](/C(C)=C/C=O)OC(=O)C[C@H](O[Si](C)(C)C(C)(C)Cc2cccc([C@H](C)CS(=O)(=O)c3nnnn3-c3ccccc3)n2)CC[C@@]1(C)O. The van der Waals surface area contributed by atoms with Crippen LogP contribution >= 0.6 is 0 Å². The Morgan fingerprint density at radius 3 is 2.50 bits per heavy atom. The minimum absolute atomic E-state index is 0.102. The van der Waals surface area contributed by atoms with E-state index in [9.17, 15) is 27.9 Å². The molecule has 14 nitrogen and oxygen atoms in total. The monoisotopic (exact) mass is 809 g/mol. The van der Waals surface area contributed by atoms with Gasteiger partial charge in [-0.15, -0.1) is 0 Å². The van der Waals surface area contributed by atoms with Crippen molar-refractivity contribution in [2.75, 3.05) is 5.75 Å². The molecule has 0 saturated heterocycles. The highest BCUT2D eigenvalue weighted by atomic mass is 32.2. The summed E-state index contributed by atoms with van der Waals surface area (Å²) in [6.45, 7) is 16.5. The number of aldehydes is 1. The highest BCUT2D eigenvalue weighted by Crippen LogP contribution is 2.42. The van der Waals surface area contributed by atoms with Crippen LogP contribution < -0.4 is 0 Å². The van der Waals surface area contributed by atoms with Crippen LogP contribution in [0.15, 0.2) is 77.5 Å². The molecule has 1 aliphatic heterocycles. The summed E-state index contributed by atoms with van der Waals surface area (Å²) >= 11 is 0. The zero-order chi connectivity index (χ0) is 41.5. The van der Waals surface area contributed by atoms with E-state index in [1.54, 1.807) is 63.3 Å². The first kappa shape index (κ1) is 44.3. The smallest absolute Gasteiger partial charge is 0.308 e. The third kappa shape index (κ3) is 11.4. The van der Waals surface area contributed by atoms with Crippen molar-refractivity contribution in [1.29, 1.82) is 0 Å². The van der Waals surface area contributed by atoms with Gasteiger partial charge in [-0.1, -0.05) is 63.1 Å². The number of ether oxygens (including phenoxy) is 2. The van der Waals surface area contributed by atoms with Crippen LogP contribution in [0, 0.1) is 5.92 Å². The van der Waals surface area contributed by atoms with E-state index in [1.165, 1.54) is 17.7 Å². The van der Waals surface area contributed by atoms with Crippen LogP contribution in [0.4, 0.5) is 0 Å². The van der Waals surface area contributed by atoms with E-state index in [4.69, 9.17) is 18.9 Å². The zero-order valence-corrected chi connectivity index (χ0v) is 35.5. The van der Waals surface area contributed by atoms with Gasteiger partial charge >= 0.3 is 11.9 Å². The van der Waals surface area contributed by atoms with Gasteiger partial charge in [0.1, 0.15) is 24.1 Å². The third-order valence-electron chi connectivity index (χ3n) is 10.6. The molecule has 0 aliphatic carbocycles. The van der Waals surface area contributed by atoms with Gasteiger partial charge in [0.2, 0.25) is 9.84 Å². The van der Waals surface area contributed by atoms with E-state index in [0.29, 0.717) is 29.7 Å². The largest absolute Gasteiger partial charge is 0.457 e. The molecule has 6 atom stereocenters. The molecule has 1 aromatic carbocycles. The Morgan fingerprint density at radius 2 is 1.84 bits per heavy atom. The van der Waals surface area contributed by atoms with Gasteiger partial charge in [-0.3, -0.25) is 19.4 Å². The second-order valence-corrected chi connectivity index (χ2v) is 22.6. The first-order valence-electron chi connectivity index (χ1n) is 18.8. The van der Waals surface area contributed by atoms with Crippen LogP contribution in [0.5, 0.6) is 0 Å². The number of hydrogen-bond acceptors (Lipinski definition) is 13. The molecule has 2 aromatic heterocycles. The molecule has 3 aromatic rings. The molecule has 0 bridgehead atoms. The number of cyclic esters (lactones) is 1. The molecule has 4 rings (SSSR count). The van der Waals surface area contributed by atoms with Gasteiger partial charge in [0, 0.05) is 30.1 Å². The van der Waals surface area contributed by atoms with E-state index in [1.807, 2.05) is 25.1 Å². The Balaban J connectivity index is 1.55. The van der Waals surface area contributed by atoms with Gasteiger partial charge in [-0.05, 0) is 104 Å². The topological polar surface area (TPSA) is 190 Å². The Kier molecular flexibility index (Phi) is 14.5. The second-order valence-electron chi connectivity index (χ2n) is 16.1. The summed E-state index contributed by atoms with van der Waals surface area (Å²) in [7, 11) is -6.65. The number of allylic oxidation sites excluding steroid dienone is 1. The normalized spacial score (nSPS) is 24.2. The number of nitrogens with zero attached hydrogens (tertiary/aromatic N) is 5. The van der Waals surface area contributed by atoms with Gasteiger partial charge in [0.15, 0.2) is 8.32 Å². The minimum atomic E-state index is -3.91. The number of hydrogen-bond donors (Lipinski definition) is 1. The number of esters is 2. The highest BCUT2D eigenvalue weighted by Gasteiger charge is 2.44. The predicted octanol–water partition coefficient (Wildman–Crippen LogP) is 5.66. The number of carbonyl (C=O) groups is 3. The lowest BCUT2D eigenvalue weighted by Crippen LogP contribution is -2.48. The summed E-state index contributed by atoms with van der Waals surface area (Å²) in [6.07, 6.45) is 3.70. The number of carbonyl (C=O) groups excluding carboxylic acids is 3. The Morgan fingerprint density at radius 1 is 1.14 bits per heavy atom. The van der Waals surface area contributed by atoms with E-state index in [0.717, 1.165) is 5.69 Å². The number of benzene rings is 1. The van der Waals surface area contributed by atoms with Crippen LogP contribution in [0.3, 0.4) is 0 Å². The molecule has 1 aliphatic rings. The maximum absolute atomic E-state index is 13.6. The minimum Gasteiger partial charge on any atom is -0.457 e. The molecule has 1 N–H and O–H groups in total. The maximum atomic E-state index is 13.6. The van der Waals surface area contributed by atoms with Gasteiger partial charge in [-0.25, -0.2) is 8.42 Å². The first-order chi connectivity index (χ1) is 26.2. The standard InChI is InChI=1S/C40H55N5O9SSi/c1-27-18-19-35(52-30(4)47)40(7,49)22-20-33(24-36(48)53-37(27)28(2)21-23-46)54-56(8,9)39(5,6)25-31-14-13-17-34(41-31)29(3)26-55(50,51)38-42-43-44-45(38)32-15-11-10-12-16-32/h10-19,21,23,27,29,33,35,37,49H,20,22,24-26H2,1-9H3/b19-18+,28-21+/t27-,29+,33+,35-,37-,40+/m0/s1. The molecule has 0 spiro atoms. The van der Waals surface area contributed by atoms with Crippen molar-refractivity contribution in [3.05, 3.63) is 83.7 Å². The molecule has 16 heteroatoms. The number of aromatic nitrogens is 5. The lowest BCUT2D eigenvalue weighted by atomic mass is 9.89. The van der Waals surface area contributed by atoms with Crippen LogP contribution in [0.2, 0.25) is 18.1 Å². The average molecular weight is 810 g/mol. The van der Waals surface area contributed by atoms with Gasteiger partial charge in [0.25, 0.3) is 5.16 Å². The Hall–Kier alpha value is -4.38. The summed E-state index contributed by atoms with van der Waals surface area (Å²) in [5, 5.41) is 22.3. The molecule has 304 valence electrons. The molecule has 0 unspecified atom stereocenters. The molecule has 0 saturated carbocycles. The van der Waals surface area contributed by atoms with Crippen molar-refractivity contribution in [2.24, 2.45) is 5.92 Å². The van der Waals surface area contributed by atoms with E-state index >= 15 is 0 Å². The molecule has 0 amide bonds. The lowest BCUT2D eigenvalue weighted by molar-refractivity contribution is -0.157. The number of pyridine rings is 1. The van der Waals surface area contributed by atoms with E-state index in [2.05, 4.69) is 42.5 Å². The number of sulfone groups is 1. The van der Waals surface area contributed by atoms with Crippen molar-refractivity contribution in [2.45, 2.75) is 127 Å². The summed E-state index contributed by atoms with van der Waals surface area (Å²) in [5.74, 6) is -2.22. The summed E-state index contributed by atoms with van der Waals surface area (Å²) in [5.41, 5.74) is 0.938. The second kappa shape index (κ2) is 18.3. The van der Waals surface area contributed by atoms with Gasteiger partial charge in [-0.2, -0.15) is 4.68 Å². The fraction of sp³-hybridized carbons (Fsp3) is 0.525. The van der Waals surface area contributed by atoms with E-state index in [-0.39, 0.29) is 30.2 Å². The molecular weight excluding hydrogens is 755 g/mol. The van der Waals surface area contributed by atoms with Crippen molar-refractivity contribution >= 4 is 36.4 Å². The van der Waals surface area contributed by atoms with Crippen LogP contribution in [0.1, 0.15) is 85.0 Å². The van der Waals surface area contributed by atoms with Crippen LogP contribution in [0.25, 0.3) is 5.69 Å². The lowest BCUT2D eigenvalue weighted by Gasteiger charge is -2.42. The van der Waals surface area contributed by atoms with Crippen LogP contribution in [-0.4, -0.2) is 94.9 Å². The van der Waals surface area contributed by atoms with Crippen molar-refractivity contribution < 1.29 is 41.8 Å². The fourth-order valence-corrected chi connectivity index (χ4v) is 10.1. The Bertz CT molecular complexity index is 2010. The number of tetrazole rings is 1. The molecule has 0 radical (unpaired) electrons. The van der Waals surface area contributed by atoms with Crippen molar-refractivity contribution in [3.63, 3.8) is 0 Å². The summed E-state index contributed by atoms with van der Waals surface area (Å²) in [6, 6.07) is 14.4. The molecule has 56 heavy (non-hydrogen) atoms. The predicted molar refractivity (Wildman–Crippen MR) is 212 cm³/mol. The van der Waals surface area contributed by atoms with Gasteiger partial charge in [0.05, 0.1) is 24.0 Å². The third-order valence-corrected chi connectivity index (χ3v) is 16.7. The highest BCUT2D eigenvalue weighted by molar-refractivity contribution is 7.91. The van der Waals surface area contributed by atoms with Crippen molar-refractivity contribution in [1.82, 2.24) is 25.2 Å². The Labute approximate surface area is 330 Å². The zero-order valence-electron chi connectivity index (χ0n) is 33.7. The molecule has 3 heterocycles. The van der Waals surface area contributed by atoms with Gasteiger partial charge < -0.3 is 19.0 Å². The van der Waals surface area contributed by atoms with E-state index < -0.39 is 70.9 Å². The first-order valence-corrected chi connectivity index (χ1v) is 23.3. The molecular formula is C40H55N5O9SSi. The summed E-state index contributed by atoms with van der Waals surface area (Å²) < 4.78 is 46.7. The number of aliphatic hydroxyl groups is 1. The van der Waals surface area contributed by atoms with Crippen LogP contribution in [-0.2, 0) is 44.5 Å². The summed E-state index contributed by atoms with van der Waals surface area (Å²) in [4.78, 5) is 41.8. The number of para-hydroxylation sites is 1. The number of rotatable bonds is 13. The molecule has 0 fully saturated rings. The van der Waals surface area contributed by atoms with Crippen molar-refractivity contribution in [3.8, 4) is 5.69 Å². The average Bonchev–Trinajstić information content (AvgIpc) is 3.62. The quantitative estimate of drug-likeness (QED) is 0.0732.